The molecule has 0 aromatic rings. The Morgan fingerprint density at radius 2 is 2.07 bits per heavy atom. The molecule has 0 saturated heterocycles. The number of aliphatic hydroxyl groups excluding tert-OH is 1. The maximum absolute atomic E-state index is 11.1. The lowest BCUT2D eigenvalue weighted by Crippen LogP contribution is -2.47. The van der Waals surface area contributed by atoms with Gasteiger partial charge >= 0.3 is 5.97 Å². The molecule has 0 aromatic carbocycles. The summed E-state index contributed by atoms with van der Waals surface area (Å²) in [6, 6.07) is -2.13. The van der Waals surface area contributed by atoms with Crippen LogP contribution < -0.4 is 11.1 Å². The summed E-state index contributed by atoms with van der Waals surface area (Å²) in [5.41, 5.74) is 5.17. The highest BCUT2D eigenvalue weighted by molar-refractivity contribution is 5.84. The van der Waals surface area contributed by atoms with E-state index in [0.717, 1.165) is 0 Å². The van der Waals surface area contributed by atoms with Crippen LogP contribution in [0.15, 0.2) is 0 Å². The summed E-state index contributed by atoms with van der Waals surface area (Å²) in [6.45, 7) is -0.545. The summed E-state index contributed by atoms with van der Waals surface area (Å²) in [6.07, 6.45) is 1.18. The topological polar surface area (TPSA) is 130 Å². The van der Waals surface area contributed by atoms with Crippen LogP contribution in [0.5, 0.6) is 0 Å². The molecule has 0 bridgehead atoms. The Bertz CT molecular complexity index is 243. The number of carbonyl (C=O) groups is 2. The summed E-state index contributed by atoms with van der Waals surface area (Å²) < 4.78 is 0. The number of nitrogens with one attached hydrogen (secondary N) is 1. The van der Waals surface area contributed by atoms with E-state index in [1.165, 1.54) is 6.29 Å². The molecule has 0 fully saturated rings. The van der Waals surface area contributed by atoms with Gasteiger partial charge in [0.25, 0.3) is 0 Å². The molecule has 15 heavy (non-hydrogen) atoms. The molecule has 2 atom stereocenters. The third kappa shape index (κ3) is 5.76. The van der Waals surface area contributed by atoms with Crippen LogP contribution in [0.1, 0.15) is 12.8 Å². The molecule has 85 valence electrons. The van der Waals surface area contributed by atoms with Crippen molar-refractivity contribution < 1.29 is 24.6 Å². The first-order valence-electron chi connectivity index (χ1n) is 4.27. The van der Waals surface area contributed by atoms with Crippen molar-refractivity contribution in [2.75, 3.05) is 6.61 Å². The van der Waals surface area contributed by atoms with E-state index >= 15 is 0 Å². The average Bonchev–Trinajstić information content (AvgIpc) is 2.22. The zero-order valence-corrected chi connectivity index (χ0v) is 7.97. The van der Waals surface area contributed by atoms with Gasteiger partial charge in [0, 0.05) is 6.42 Å². The predicted molar refractivity (Wildman–Crippen MR) is 49.6 cm³/mol. The number of amides is 1. The van der Waals surface area contributed by atoms with Crippen molar-refractivity contribution in [1.29, 1.82) is 0 Å². The van der Waals surface area contributed by atoms with Crippen LogP contribution >= 0.6 is 0 Å². The first-order valence-corrected chi connectivity index (χ1v) is 4.27. The minimum Gasteiger partial charge on any atom is -0.481 e. The van der Waals surface area contributed by atoms with Gasteiger partial charge in [-0.2, -0.15) is 0 Å². The third-order valence-electron chi connectivity index (χ3n) is 1.64. The average molecular weight is 217 g/mol. The van der Waals surface area contributed by atoms with Crippen LogP contribution in [0.2, 0.25) is 0 Å². The molecule has 7 nitrogen and oxygen atoms in total. The van der Waals surface area contributed by atoms with Crippen molar-refractivity contribution >= 4 is 18.2 Å². The normalized spacial score (nSPS) is 14.0. The van der Waals surface area contributed by atoms with E-state index in [-0.39, 0.29) is 12.8 Å². The van der Waals surface area contributed by atoms with Gasteiger partial charge in [-0.3, -0.25) is 14.4 Å². The first kappa shape index (κ1) is 13.5. The van der Waals surface area contributed by atoms with E-state index in [2.05, 4.69) is 5.32 Å². The van der Waals surface area contributed by atoms with E-state index in [1.807, 2.05) is 0 Å². The van der Waals surface area contributed by atoms with Gasteiger partial charge in [-0.25, -0.2) is 0 Å². The van der Waals surface area contributed by atoms with Crippen molar-refractivity contribution in [2.45, 2.75) is 24.9 Å². The molecule has 0 aliphatic heterocycles. The molecule has 0 aliphatic rings. The number of aliphatic carboxylic acids is 1. The molecule has 1 amide bonds. The number of carboxylic acid groups (broad SMARTS) is 1. The van der Waals surface area contributed by atoms with Crippen molar-refractivity contribution in [2.24, 2.45) is 5.73 Å². The number of hydrogen-bond donors (Lipinski definition) is 4. The maximum atomic E-state index is 11.1. The maximum Gasteiger partial charge on any atom is 0.303 e. The number of nitrogens with two attached hydrogens (primary N) is 1. The Morgan fingerprint density at radius 3 is 2.47 bits per heavy atom. The van der Waals surface area contributed by atoms with E-state index in [4.69, 9.17) is 15.9 Å². The minimum absolute atomic E-state index is 0.0529. The van der Waals surface area contributed by atoms with Crippen molar-refractivity contribution in [3.63, 3.8) is 0 Å². The number of hydrogen-bond acceptors (Lipinski definition) is 5. The Hall–Kier alpha value is -1.47. The number of aliphatic hydroxyl groups is 1. The second-order valence-electron chi connectivity index (χ2n) is 2.90. The molecule has 0 spiro atoms. The van der Waals surface area contributed by atoms with Crippen molar-refractivity contribution in [3.05, 3.63) is 0 Å². The Balaban J connectivity index is 4.03. The van der Waals surface area contributed by atoms with Crippen LogP contribution in [-0.4, -0.2) is 47.1 Å². The summed E-state index contributed by atoms with van der Waals surface area (Å²) in [7, 11) is 0. The number of rotatable bonds is 7. The molecule has 0 heterocycles. The lowest BCUT2D eigenvalue weighted by atomic mass is 10.1. The highest BCUT2D eigenvalue weighted by Crippen LogP contribution is 1.95. The van der Waals surface area contributed by atoms with Crippen LogP contribution in [0.3, 0.4) is 0 Å². The van der Waals surface area contributed by atoms with Crippen molar-refractivity contribution in [1.82, 2.24) is 5.32 Å². The van der Waals surface area contributed by atoms with E-state index in [1.54, 1.807) is 0 Å². The quantitative estimate of drug-likeness (QED) is 0.381. The fourth-order valence-electron chi connectivity index (χ4n) is 0.790. The highest BCUT2D eigenvalue weighted by atomic mass is 16.4. The molecular weight excluding hydrogens is 204 g/mol. The van der Waals surface area contributed by atoms with Gasteiger partial charge in [-0.1, -0.05) is 0 Å². The summed E-state index contributed by atoms with van der Waals surface area (Å²) in [5.74, 6) is -1.79. The SMILES string of the molecule is N[C@@H](CO)C(=O)N[C@H]([C]=O)CCC(=O)O. The van der Waals surface area contributed by atoms with Crippen LogP contribution in [0.4, 0.5) is 0 Å². The lowest BCUT2D eigenvalue weighted by molar-refractivity contribution is -0.137. The zero-order chi connectivity index (χ0) is 11.8. The Labute approximate surface area is 86.3 Å². The smallest absolute Gasteiger partial charge is 0.303 e. The second-order valence-corrected chi connectivity index (χ2v) is 2.90. The first-order chi connectivity index (χ1) is 7.01. The van der Waals surface area contributed by atoms with Gasteiger partial charge in [0.05, 0.1) is 12.6 Å². The number of carbonyl (C=O) groups excluding carboxylic acids is 2. The van der Waals surface area contributed by atoms with Gasteiger partial charge in [0.15, 0.2) is 0 Å². The summed E-state index contributed by atoms with van der Waals surface area (Å²) >= 11 is 0. The van der Waals surface area contributed by atoms with Gasteiger partial charge < -0.3 is 21.3 Å². The predicted octanol–water partition coefficient (Wildman–Crippen LogP) is -2.23. The van der Waals surface area contributed by atoms with Crippen LogP contribution in [0.25, 0.3) is 0 Å². The van der Waals surface area contributed by atoms with Crippen LogP contribution in [0, 0.1) is 0 Å². The monoisotopic (exact) mass is 217 g/mol. The molecule has 0 unspecified atom stereocenters. The minimum atomic E-state index is -1.12. The largest absolute Gasteiger partial charge is 0.481 e. The summed E-state index contributed by atoms with van der Waals surface area (Å²) in [4.78, 5) is 31.6. The van der Waals surface area contributed by atoms with Gasteiger partial charge in [0.1, 0.15) is 6.04 Å². The molecule has 0 rings (SSSR count). The highest BCUT2D eigenvalue weighted by Gasteiger charge is 2.18. The number of carboxylic acids is 1. The van der Waals surface area contributed by atoms with E-state index in [9.17, 15) is 14.4 Å². The van der Waals surface area contributed by atoms with E-state index < -0.39 is 30.6 Å². The molecule has 0 aromatic heterocycles. The van der Waals surface area contributed by atoms with Crippen LogP contribution in [-0.2, 0) is 14.4 Å². The molecule has 0 saturated carbocycles. The molecular formula is C8H13N2O5. The molecule has 7 heteroatoms. The fraction of sp³-hybridized carbons (Fsp3) is 0.625. The van der Waals surface area contributed by atoms with E-state index in [0.29, 0.717) is 0 Å². The Morgan fingerprint density at radius 1 is 1.47 bits per heavy atom. The zero-order valence-electron chi connectivity index (χ0n) is 7.97. The molecule has 0 aliphatic carbocycles. The van der Waals surface area contributed by atoms with Gasteiger partial charge in [-0.05, 0) is 6.42 Å². The third-order valence-corrected chi connectivity index (χ3v) is 1.64. The Kier molecular flexibility index (Phi) is 6.23. The van der Waals surface area contributed by atoms with Gasteiger partial charge in [0.2, 0.25) is 12.2 Å². The van der Waals surface area contributed by atoms with Gasteiger partial charge in [-0.15, -0.1) is 0 Å². The molecule has 1 radical (unpaired) electrons. The lowest BCUT2D eigenvalue weighted by Gasteiger charge is -2.13. The summed E-state index contributed by atoms with van der Waals surface area (Å²) in [5, 5.41) is 19.0. The fourth-order valence-corrected chi connectivity index (χ4v) is 0.790. The molecule has 5 N–H and O–H groups in total. The van der Waals surface area contributed by atoms with Crippen molar-refractivity contribution in [3.8, 4) is 0 Å². The standard InChI is InChI=1S/C8H13N2O5/c9-6(4-12)8(15)10-5(3-11)1-2-7(13)14/h5-6,12H,1-2,4,9H2,(H,10,15)(H,13,14)/t5-,6-/m0/s1. The second kappa shape index (κ2) is 6.91.